The summed E-state index contributed by atoms with van der Waals surface area (Å²) in [6.07, 6.45) is 1.09. The molecule has 0 amide bonds. The summed E-state index contributed by atoms with van der Waals surface area (Å²) in [7, 11) is 0. The van der Waals surface area contributed by atoms with Crippen molar-refractivity contribution in [2.24, 2.45) is 0 Å². The predicted octanol–water partition coefficient (Wildman–Crippen LogP) is 5.17. The van der Waals surface area contributed by atoms with Crippen LogP contribution in [0, 0.1) is 6.92 Å². The molecule has 1 fully saturated rings. The molecule has 2 unspecified atom stereocenters. The van der Waals surface area contributed by atoms with Crippen molar-refractivity contribution in [2.45, 2.75) is 25.4 Å². The number of para-hydroxylation sites is 2. The SMILES string of the molecule is Cc1ccc(N2CCC(Nc3ccccc3)C(Nc3ccccc3)C2)cc1. The van der Waals surface area contributed by atoms with Gasteiger partial charge >= 0.3 is 0 Å². The number of piperidine rings is 1. The first-order valence-electron chi connectivity index (χ1n) is 9.73. The second kappa shape index (κ2) is 8.17. The average Bonchev–Trinajstić information content (AvgIpc) is 2.71. The topological polar surface area (TPSA) is 27.3 Å². The molecule has 0 aromatic heterocycles. The molecule has 0 spiro atoms. The zero-order valence-electron chi connectivity index (χ0n) is 15.8. The molecule has 1 aliphatic rings. The molecular weight excluding hydrogens is 330 g/mol. The molecule has 1 heterocycles. The highest BCUT2D eigenvalue weighted by Gasteiger charge is 2.29. The summed E-state index contributed by atoms with van der Waals surface area (Å²) < 4.78 is 0. The van der Waals surface area contributed by atoms with Gasteiger partial charge in [-0.05, 0) is 49.7 Å². The van der Waals surface area contributed by atoms with E-state index >= 15 is 0 Å². The van der Waals surface area contributed by atoms with Crippen molar-refractivity contribution in [1.29, 1.82) is 0 Å². The van der Waals surface area contributed by atoms with E-state index in [4.69, 9.17) is 0 Å². The van der Waals surface area contributed by atoms with E-state index in [0.29, 0.717) is 12.1 Å². The molecule has 0 radical (unpaired) electrons. The Hall–Kier alpha value is -2.94. The normalized spacial score (nSPS) is 19.5. The van der Waals surface area contributed by atoms with E-state index in [9.17, 15) is 0 Å². The molecule has 1 aliphatic heterocycles. The molecule has 3 heteroatoms. The Morgan fingerprint density at radius 3 is 1.85 bits per heavy atom. The smallest absolute Gasteiger partial charge is 0.0638 e. The second-order valence-corrected chi connectivity index (χ2v) is 7.30. The molecule has 2 atom stereocenters. The summed E-state index contributed by atoms with van der Waals surface area (Å²) in [6.45, 7) is 4.17. The van der Waals surface area contributed by atoms with Crippen LogP contribution in [0.2, 0.25) is 0 Å². The largest absolute Gasteiger partial charge is 0.380 e. The highest BCUT2D eigenvalue weighted by atomic mass is 15.2. The third-order valence-electron chi connectivity index (χ3n) is 5.26. The molecule has 0 bridgehead atoms. The lowest BCUT2D eigenvalue weighted by Gasteiger charge is -2.41. The van der Waals surface area contributed by atoms with Crippen molar-refractivity contribution in [2.75, 3.05) is 28.6 Å². The molecule has 4 rings (SSSR count). The van der Waals surface area contributed by atoms with E-state index < -0.39 is 0 Å². The van der Waals surface area contributed by atoms with Crippen LogP contribution in [0.15, 0.2) is 84.9 Å². The number of anilines is 3. The lowest BCUT2D eigenvalue weighted by atomic mass is 9.97. The van der Waals surface area contributed by atoms with Gasteiger partial charge in [-0.15, -0.1) is 0 Å². The van der Waals surface area contributed by atoms with Crippen molar-refractivity contribution >= 4 is 17.1 Å². The Balaban J connectivity index is 1.53. The van der Waals surface area contributed by atoms with Crippen LogP contribution >= 0.6 is 0 Å². The number of nitrogens with one attached hydrogen (secondary N) is 2. The van der Waals surface area contributed by atoms with Crippen molar-refractivity contribution < 1.29 is 0 Å². The van der Waals surface area contributed by atoms with Crippen molar-refractivity contribution in [3.63, 3.8) is 0 Å². The Morgan fingerprint density at radius 1 is 0.704 bits per heavy atom. The zero-order valence-corrected chi connectivity index (χ0v) is 15.8. The van der Waals surface area contributed by atoms with Crippen molar-refractivity contribution in [3.05, 3.63) is 90.5 Å². The van der Waals surface area contributed by atoms with E-state index in [1.807, 2.05) is 0 Å². The van der Waals surface area contributed by atoms with Crippen LogP contribution in [0.4, 0.5) is 17.1 Å². The predicted molar refractivity (Wildman–Crippen MR) is 116 cm³/mol. The molecule has 2 N–H and O–H groups in total. The van der Waals surface area contributed by atoms with E-state index in [1.165, 1.54) is 22.6 Å². The van der Waals surface area contributed by atoms with Crippen LogP contribution in [0.5, 0.6) is 0 Å². The monoisotopic (exact) mass is 357 g/mol. The summed E-state index contributed by atoms with van der Waals surface area (Å²) in [5.41, 5.74) is 4.97. The van der Waals surface area contributed by atoms with Gasteiger partial charge in [0.15, 0.2) is 0 Å². The fraction of sp³-hybridized carbons (Fsp3) is 0.250. The highest BCUT2D eigenvalue weighted by molar-refractivity contribution is 5.52. The lowest BCUT2D eigenvalue weighted by Crippen LogP contribution is -2.53. The molecule has 27 heavy (non-hydrogen) atoms. The Labute approximate surface area is 162 Å². The standard InChI is InChI=1S/C24H27N3/c1-19-12-14-22(15-13-19)27-17-16-23(25-20-8-4-2-5-9-20)24(18-27)26-21-10-6-3-7-11-21/h2-15,23-26H,16-18H2,1H3. The number of benzene rings is 3. The quantitative estimate of drug-likeness (QED) is 0.660. The Bertz CT molecular complexity index is 831. The minimum absolute atomic E-state index is 0.322. The van der Waals surface area contributed by atoms with Gasteiger partial charge in [-0.25, -0.2) is 0 Å². The van der Waals surface area contributed by atoms with Crippen LogP contribution < -0.4 is 15.5 Å². The van der Waals surface area contributed by atoms with Crippen molar-refractivity contribution in [1.82, 2.24) is 0 Å². The zero-order chi connectivity index (χ0) is 18.5. The van der Waals surface area contributed by atoms with Gasteiger partial charge in [0.2, 0.25) is 0 Å². The number of nitrogens with zero attached hydrogens (tertiary/aromatic N) is 1. The van der Waals surface area contributed by atoms with Crippen LogP contribution in [-0.2, 0) is 0 Å². The van der Waals surface area contributed by atoms with Gasteiger partial charge in [-0.1, -0.05) is 54.1 Å². The Kier molecular flexibility index (Phi) is 5.29. The maximum atomic E-state index is 3.76. The maximum Gasteiger partial charge on any atom is 0.0638 e. The van der Waals surface area contributed by atoms with E-state index in [-0.39, 0.29) is 0 Å². The molecule has 0 aliphatic carbocycles. The molecular formula is C24H27N3. The first-order valence-corrected chi connectivity index (χ1v) is 9.73. The van der Waals surface area contributed by atoms with Crippen LogP contribution in [-0.4, -0.2) is 25.2 Å². The summed E-state index contributed by atoms with van der Waals surface area (Å²) in [4.78, 5) is 2.49. The van der Waals surface area contributed by atoms with Gasteiger partial charge in [0.05, 0.1) is 6.04 Å². The molecule has 3 aromatic carbocycles. The number of rotatable bonds is 5. The van der Waals surface area contributed by atoms with Crippen LogP contribution in [0.25, 0.3) is 0 Å². The third-order valence-corrected chi connectivity index (χ3v) is 5.26. The number of aryl methyl sites for hydroxylation is 1. The van der Waals surface area contributed by atoms with Crippen molar-refractivity contribution in [3.8, 4) is 0 Å². The average molecular weight is 358 g/mol. The van der Waals surface area contributed by atoms with Crippen LogP contribution in [0.3, 0.4) is 0 Å². The molecule has 3 nitrogen and oxygen atoms in total. The minimum Gasteiger partial charge on any atom is -0.380 e. The second-order valence-electron chi connectivity index (χ2n) is 7.30. The fourth-order valence-corrected chi connectivity index (χ4v) is 3.76. The highest BCUT2D eigenvalue weighted by Crippen LogP contribution is 2.25. The summed E-state index contributed by atoms with van der Waals surface area (Å²) in [5.74, 6) is 0. The number of hydrogen-bond donors (Lipinski definition) is 2. The summed E-state index contributed by atoms with van der Waals surface area (Å²) in [6, 6.07) is 30.6. The summed E-state index contributed by atoms with van der Waals surface area (Å²) >= 11 is 0. The van der Waals surface area contributed by atoms with E-state index in [1.54, 1.807) is 0 Å². The van der Waals surface area contributed by atoms with Gasteiger partial charge in [0.25, 0.3) is 0 Å². The minimum atomic E-state index is 0.322. The van der Waals surface area contributed by atoms with E-state index in [0.717, 1.165) is 19.5 Å². The Morgan fingerprint density at radius 2 is 1.26 bits per heavy atom. The fourth-order valence-electron chi connectivity index (χ4n) is 3.76. The van der Waals surface area contributed by atoms with Gasteiger partial charge in [-0.3, -0.25) is 0 Å². The van der Waals surface area contributed by atoms with Gasteiger partial charge in [0.1, 0.15) is 0 Å². The first-order chi connectivity index (χ1) is 13.3. The van der Waals surface area contributed by atoms with E-state index in [2.05, 4.69) is 107 Å². The molecule has 0 saturated carbocycles. The lowest BCUT2D eigenvalue weighted by molar-refractivity contribution is 0.483. The van der Waals surface area contributed by atoms with Crippen LogP contribution in [0.1, 0.15) is 12.0 Å². The van der Waals surface area contributed by atoms with Gasteiger partial charge < -0.3 is 15.5 Å². The molecule has 1 saturated heterocycles. The number of hydrogen-bond acceptors (Lipinski definition) is 3. The maximum absolute atomic E-state index is 3.76. The van der Waals surface area contributed by atoms with Gasteiger partial charge in [-0.2, -0.15) is 0 Å². The first kappa shape index (κ1) is 17.5. The third kappa shape index (κ3) is 4.43. The molecule has 138 valence electrons. The van der Waals surface area contributed by atoms with Gasteiger partial charge in [0, 0.05) is 36.2 Å². The molecule has 3 aromatic rings. The summed E-state index contributed by atoms with van der Waals surface area (Å²) in [5, 5.41) is 7.50.